The molecule has 138 valence electrons. The number of likely N-dealkylation sites (tertiary alicyclic amines) is 1. The quantitative estimate of drug-likeness (QED) is 0.769. The van der Waals surface area contributed by atoms with Gasteiger partial charge in [0.05, 0.1) is 6.10 Å². The summed E-state index contributed by atoms with van der Waals surface area (Å²) in [7, 11) is 0. The van der Waals surface area contributed by atoms with Crippen LogP contribution in [0.3, 0.4) is 0 Å². The van der Waals surface area contributed by atoms with Crippen LogP contribution in [0.4, 0.5) is 4.39 Å². The highest BCUT2D eigenvalue weighted by Crippen LogP contribution is 2.29. The summed E-state index contributed by atoms with van der Waals surface area (Å²) < 4.78 is 13.1. The van der Waals surface area contributed by atoms with Gasteiger partial charge in [-0.3, -0.25) is 4.90 Å². The average molecular weight is 363 g/mol. The second-order valence-electron chi connectivity index (χ2n) is 7.07. The van der Waals surface area contributed by atoms with Crippen molar-refractivity contribution in [1.82, 2.24) is 14.9 Å². The summed E-state index contributed by atoms with van der Waals surface area (Å²) in [4.78, 5) is 10.4. The van der Waals surface area contributed by atoms with Gasteiger partial charge in [-0.2, -0.15) is 0 Å². The topological polar surface area (TPSA) is 49.2 Å². The first-order valence-corrected chi connectivity index (χ1v) is 9.19. The van der Waals surface area contributed by atoms with Crippen molar-refractivity contribution < 1.29 is 9.50 Å². The fraction of sp³-hybridized carbons (Fsp3) is 0.273. The van der Waals surface area contributed by atoms with E-state index in [1.807, 2.05) is 0 Å². The molecule has 27 heavy (non-hydrogen) atoms. The predicted octanol–water partition coefficient (Wildman–Crippen LogP) is 3.63. The van der Waals surface area contributed by atoms with Gasteiger partial charge in [0, 0.05) is 37.0 Å². The molecule has 4 nitrogen and oxygen atoms in total. The van der Waals surface area contributed by atoms with Gasteiger partial charge in [0.25, 0.3) is 0 Å². The number of rotatable bonds is 4. The lowest BCUT2D eigenvalue weighted by Crippen LogP contribution is -2.42. The molecule has 5 heteroatoms. The predicted molar refractivity (Wildman–Crippen MR) is 103 cm³/mol. The molecule has 3 aromatic rings. The third-order valence-corrected chi connectivity index (χ3v) is 5.22. The standard InChI is InChI=1S/C22H22FN3O/c23-20-7-5-18(6-8-20)21-9-10-26(14-22(21)27)13-16-1-3-17(4-2-16)19-11-24-15-25-12-19/h1-8,11-12,15,21-22,27H,9-10,13-14H2/t21-,22+/m0/s1. The lowest BCUT2D eigenvalue weighted by atomic mass is 9.87. The number of aliphatic hydroxyl groups excluding tert-OH is 1. The smallest absolute Gasteiger partial charge is 0.123 e. The van der Waals surface area contributed by atoms with Crippen LogP contribution < -0.4 is 0 Å². The molecule has 0 aliphatic carbocycles. The molecule has 1 fully saturated rings. The fourth-order valence-electron chi connectivity index (χ4n) is 3.75. The van der Waals surface area contributed by atoms with Crippen LogP contribution >= 0.6 is 0 Å². The van der Waals surface area contributed by atoms with Gasteiger partial charge in [0.15, 0.2) is 0 Å². The molecule has 0 radical (unpaired) electrons. The van der Waals surface area contributed by atoms with E-state index >= 15 is 0 Å². The van der Waals surface area contributed by atoms with Crippen LogP contribution in [-0.4, -0.2) is 39.2 Å². The van der Waals surface area contributed by atoms with Crippen LogP contribution in [0.1, 0.15) is 23.5 Å². The molecule has 0 amide bonds. The van der Waals surface area contributed by atoms with Gasteiger partial charge in [-0.25, -0.2) is 14.4 Å². The van der Waals surface area contributed by atoms with Crippen molar-refractivity contribution in [1.29, 1.82) is 0 Å². The van der Waals surface area contributed by atoms with Crippen LogP contribution in [-0.2, 0) is 6.54 Å². The molecule has 1 aliphatic rings. The van der Waals surface area contributed by atoms with Crippen LogP contribution in [0.25, 0.3) is 11.1 Å². The van der Waals surface area contributed by atoms with Crippen molar-refractivity contribution in [3.8, 4) is 11.1 Å². The van der Waals surface area contributed by atoms with E-state index in [9.17, 15) is 9.50 Å². The number of piperidine rings is 1. The maximum Gasteiger partial charge on any atom is 0.123 e. The van der Waals surface area contributed by atoms with Crippen LogP contribution in [0, 0.1) is 5.82 Å². The minimum Gasteiger partial charge on any atom is -0.391 e. The van der Waals surface area contributed by atoms with E-state index in [0.29, 0.717) is 6.54 Å². The molecular formula is C22H22FN3O. The number of hydrogen-bond acceptors (Lipinski definition) is 4. The van der Waals surface area contributed by atoms with Crippen molar-refractivity contribution in [2.45, 2.75) is 25.0 Å². The highest BCUT2D eigenvalue weighted by Gasteiger charge is 2.28. The number of aromatic nitrogens is 2. The number of halogens is 1. The second kappa shape index (κ2) is 7.94. The summed E-state index contributed by atoms with van der Waals surface area (Å²) in [5, 5.41) is 10.6. The van der Waals surface area contributed by atoms with Crippen molar-refractivity contribution in [2.24, 2.45) is 0 Å². The third kappa shape index (κ3) is 4.21. The molecule has 4 rings (SSSR count). The third-order valence-electron chi connectivity index (χ3n) is 5.22. The zero-order valence-electron chi connectivity index (χ0n) is 15.0. The van der Waals surface area contributed by atoms with E-state index < -0.39 is 6.10 Å². The van der Waals surface area contributed by atoms with Gasteiger partial charge in [-0.05, 0) is 41.8 Å². The molecular weight excluding hydrogens is 341 g/mol. The molecule has 0 bridgehead atoms. The summed E-state index contributed by atoms with van der Waals surface area (Å²) >= 11 is 0. The maximum absolute atomic E-state index is 13.1. The summed E-state index contributed by atoms with van der Waals surface area (Å²) in [6.07, 6.45) is 5.56. The van der Waals surface area contributed by atoms with Gasteiger partial charge >= 0.3 is 0 Å². The normalized spacial score (nSPS) is 20.5. The van der Waals surface area contributed by atoms with E-state index in [2.05, 4.69) is 39.1 Å². The summed E-state index contributed by atoms with van der Waals surface area (Å²) in [6.45, 7) is 2.34. The van der Waals surface area contributed by atoms with Crippen molar-refractivity contribution in [2.75, 3.05) is 13.1 Å². The van der Waals surface area contributed by atoms with E-state index in [0.717, 1.165) is 36.2 Å². The fourth-order valence-corrected chi connectivity index (χ4v) is 3.75. The van der Waals surface area contributed by atoms with Crippen molar-refractivity contribution >= 4 is 0 Å². The number of aliphatic hydroxyl groups is 1. The SMILES string of the molecule is O[C@@H]1CN(Cc2ccc(-c3cncnc3)cc2)CC[C@H]1c1ccc(F)cc1. The lowest BCUT2D eigenvalue weighted by molar-refractivity contribution is 0.0476. The molecule has 2 aromatic carbocycles. The molecule has 2 heterocycles. The van der Waals surface area contributed by atoms with E-state index in [4.69, 9.17) is 0 Å². The molecule has 1 N–H and O–H groups in total. The first-order valence-electron chi connectivity index (χ1n) is 9.19. The van der Waals surface area contributed by atoms with Crippen LogP contribution in [0.2, 0.25) is 0 Å². The molecule has 2 atom stereocenters. The maximum atomic E-state index is 13.1. The number of β-amino-alcohol motifs (C(OH)–C–C–N with tert-alkyl or cyclic N) is 1. The number of benzene rings is 2. The molecule has 1 aliphatic heterocycles. The lowest BCUT2D eigenvalue weighted by Gasteiger charge is -2.36. The Morgan fingerprint density at radius 2 is 1.67 bits per heavy atom. The zero-order valence-corrected chi connectivity index (χ0v) is 15.0. The number of nitrogens with zero attached hydrogens (tertiary/aromatic N) is 3. The first kappa shape index (κ1) is 17.8. The molecule has 0 saturated carbocycles. The molecule has 0 spiro atoms. The van der Waals surface area contributed by atoms with Crippen LogP contribution in [0.5, 0.6) is 0 Å². The van der Waals surface area contributed by atoms with Gasteiger partial charge in [0.1, 0.15) is 12.1 Å². The summed E-state index contributed by atoms with van der Waals surface area (Å²) in [6, 6.07) is 14.9. The van der Waals surface area contributed by atoms with Gasteiger partial charge in [0.2, 0.25) is 0 Å². The Morgan fingerprint density at radius 1 is 0.963 bits per heavy atom. The summed E-state index contributed by atoms with van der Waals surface area (Å²) in [5.41, 5.74) is 4.31. The van der Waals surface area contributed by atoms with Crippen LogP contribution in [0.15, 0.2) is 67.3 Å². The average Bonchev–Trinajstić information content (AvgIpc) is 2.70. The Balaban J connectivity index is 1.38. The Bertz CT molecular complexity index is 868. The Kier molecular flexibility index (Phi) is 5.23. The van der Waals surface area contributed by atoms with E-state index in [1.165, 1.54) is 24.0 Å². The second-order valence-corrected chi connectivity index (χ2v) is 7.07. The highest BCUT2D eigenvalue weighted by molar-refractivity contribution is 5.61. The Morgan fingerprint density at radius 3 is 2.33 bits per heavy atom. The largest absolute Gasteiger partial charge is 0.391 e. The van der Waals surface area contributed by atoms with Gasteiger partial charge < -0.3 is 5.11 Å². The van der Waals surface area contributed by atoms with E-state index in [1.54, 1.807) is 24.5 Å². The molecule has 0 unspecified atom stereocenters. The molecule has 1 saturated heterocycles. The summed E-state index contributed by atoms with van der Waals surface area (Å²) in [5.74, 6) is -0.168. The zero-order chi connectivity index (χ0) is 18.6. The highest BCUT2D eigenvalue weighted by atomic mass is 19.1. The minimum atomic E-state index is -0.440. The van der Waals surface area contributed by atoms with Crippen molar-refractivity contribution in [3.63, 3.8) is 0 Å². The molecule has 1 aromatic heterocycles. The Labute approximate surface area is 158 Å². The monoisotopic (exact) mass is 363 g/mol. The van der Waals surface area contributed by atoms with Gasteiger partial charge in [-0.1, -0.05) is 36.4 Å². The van der Waals surface area contributed by atoms with E-state index in [-0.39, 0.29) is 11.7 Å². The van der Waals surface area contributed by atoms with Gasteiger partial charge in [-0.15, -0.1) is 0 Å². The minimum absolute atomic E-state index is 0.0716. The van der Waals surface area contributed by atoms with Crippen molar-refractivity contribution in [3.05, 3.63) is 84.2 Å². The Hall–Kier alpha value is -2.63. The number of hydrogen-bond donors (Lipinski definition) is 1. The first-order chi connectivity index (χ1) is 13.2.